The fourth-order valence-corrected chi connectivity index (χ4v) is 6.09. The lowest BCUT2D eigenvalue weighted by Gasteiger charge is -2.20. The van der Waals surface area contributed by atoms with E-state index in [-0.39, 0.29) is 23.6 Å². The van der Waals surface area contributed by atoms with Crippen molar-refractivity contribution < 1.29 is 24.2 Å². The molecule has 1 saturated carbocycles. The molecule has 1 aliphatic rings. The van der Waals surface area contributed by atoms with Crippen molar-refractivity contribution in [2.24, 2.45) is 0 Å². The van der Waals surface area contributed by atoms with Crippen molar-refractivity contribution in [1.29, 1.82) is 0 Å². The molecule has 0 bridgehead atoms. The molecule has 0 aliphatic heterocycles. The molecule has 3 heterocycles. The maximum Gasteiger partial charge on any atom is 0.349 e. The minimum Gasteiger partial charge on any atom is -0.484 e. The number of carbonyl (C=O) groups excluding carboxylic acids is 1. The van der Waals surface area contributed by atoms with Crippen molar-refractivity contribution in [2.45, 2.75) is 45.3 Å². The van der Waals surface area contributed by atoms with Crippen LogP contribution in [0.4, 0.5) is 0 Å². The van der Waals surface area contributed by atoms with Gasteiger partial charge in [-0.05, 0) is 73.6 Å². The normalized spacial score (nSPS) is 13.8. The largest absolute Gasteiger partial charge is 0.484 e. The predicted octanol–water partition coefficient (Wildman–Crippen LogP) is 7.44. The van der Waals surface area contributed by atoms with Gasteiger partial charge < -0.3 is 14.6 Å². The topological polar surface area (TPSA) is 90.1 Å². The zero-order valence-electron chi connectivity index (χ0n) is 22.2. The standard InChI is InChI=1S/C32H28N2O5S/c1-19-28(30(31(35)36)40-29(19)26-17-33-27-10-6-7-15-34(26)27)39-20(2)24-14-11-21(16-25(24)22-12-13-22)18-38-32(37)23-8-4-3-5-9-23/h3-11,14-17,20,22H,12-13,18H2,1-2H3,(H,35,36)/t20-/m1/s1. The van der Waals surface area contributed by atoms with Crippen LogP contribution in [-0.4, -0.2) is 26.4 Å². The number of thiophene rings is 1. The number of aromatic nitrogens is 2. The molecule has 5 aromatic rings. The van der Waals surface area contributed by atoms with Crippen LogP contribution in [0.1, 0.15) is 74.1 Å². The number of nitrogens with zero attached hydrogens (tertiary/aromatic N) is 2. The molecule has 2 aromatic carbocycles. The Morgan fingerprint density at radius 2 is 1.88 bits per heavy atom. The van der Waals surface area contributed by atoms with E-state index in [0.717, 1.165) is 51.3 Å². The smallest absolute Gasteiger partial charge is 0.349 e. The second-order valence-corrected chi connectivity index (χ2v) is 11.1. The number of carboxylic acids is 1. The van der Waals surface area contributed by atoms with Crippen LogP contribution in [-0.2, 0) is 11.3 Å². The van der Waals surface area contributed by atoms with E-state index in [0.29, 0.717) is 17.2 Å². The highest BCUT2D eigenvalue weighted by Crippen LogP contribution is 2.46. The number of carbonyl (C=O) groups is 2. The molecule has 0 amide bonds. The summed E-state index contributed by atoms with van der Waals surface area (Å²) in [5.41, 5.74) is 6.00. The maximum atomic E-state index is 12.4. The number of carboxylic acid groups (broad SMARTS) is 1. The number of benzene rings is 2. The number of fused-ring (bicyclic) bond motifs is 1. The molecule has 6 rings (SSSR count). The third-order valence-corrected chi connectivity index (χ3v) is 8.50. The van der Waals surface area contributed by atoms with E-state index in [1.54, 1.807) is 18.3 Å². The summed E-state index contributed by atoms with van der Waals surface area (Å²) in [6, 6.07) is 20.7. The minimum absolute atomic E-state index is 0.169. The Labute approximate surface area is 235 Å². The quantitative estimate of drug-likeness (QED) is 0.191. The summed E-state index contributed by atoms with van der Waals surface area (Å²) in [5.74, 6) is -0.575. The van der Waals surface area contributed by atoms with Gasteiger partial charge in [0.25, 0.3) is 0 Å². The average molecular weight is 553 g/mol. The van der Waals surface area contributed by atoms with Gasteiger partial charge in [0.15, 0.2) is 4.88 Å². The summed E-state index contributed by atoms with van der Waals surface area (Å²) in [6.45, 7) is 4.03. The zero-order valence-corrected chi connectivity index (χ0v) is 23.0. The Bertz CT molecular complexity index is 1720. The molecule has 0 saturated heterocycles. The van der Waals surface area contributed by atoms with Gasteiger partial charge in [-0.15, -0.1) is 11.3 Å². The third-order valence-electron chi connectivity index (χ3n) is 7.22. The average Bonchev–Trinajstić information content (AvgIpc) is 3.66. The number of hydrogen-bond acceptors (Lipinski definition) is 6. The molecule has 1 atom stereocenters. The Balaban J connectivity index is 1.27. The van der Waals surface area contributed by atoms with Crippen molar-refractivity contribution in [3.63, 3.8) is 0 Å². The van der Waals surface area contributed by atoms with Gasteiger partial charge in [-0.3, -0.25) is 4.40 Å². The molecule has 0 unspecified atom stereocenters. The van der Waals surface area contributed by atoms with Crippen LogP contribution in [0.5, 0.6) is 5.75 Å². The highest BCUT2D eigenvalue weighted by molar-refractivity contribution is 7.17. The second kappa shape index (κ2) is 10.6. The number of hydrogen-bond donors (Lipinski definition) is 1. The van der Waals surface area contributed by atoms with Crippen LogP contribution in [0.15, 0.2) is 79.1 Å². The van der Waals surface area contributed by atoms with Crippen molar-refractivity contribution in [1.82, 2.24) is 9.38 Å². The van der Waals surface area contributed by atoms with Crippen LogP contribution >= 0.6 is 11.3 Å². The first-order valence-electron chi connectivity index (χ1n) is 13.2. The van der Waals surface area contributed by atoms with Gasteiger partial charge in [0.1, 0.15) is 24.1 Å². The van der Waals surface area contributed by atoms with E-state index < -0.39 is 5.97 Å². The Morgan fingerprint density at radius 3 is 2.62 bits per heavy atom. The van der Waals surface area contributed by atoms with Crippen molar-refractivity contribution in [2.75, 3.05) is 0 Å². The van der Waals surface area contributed by atoms with Crippen LogP contribution in [0, 0.1) is 6.92 Å². The SMILES string of the molecule is Cc1c(-c2cnc3ccccn23)sc(C(=O)O)c1O[C@H](C)c1ccc(COC(=O)c2ccccc2)cc1C1CC1. The summed E-state index contributed by atoms with van der Waals surface area (Å²) < 4.78 is 13.9. The second-order valence-electron chi connectivity index (χ2n) is 10.0. The fourth-order valence-electron chi connectivity index (χ4n) is 5.00. The first kappa shape index (κ1) is 25.8. The molecule has 1 fully saturated rings. The van der Waals surface area contributed by atoms with Crippen LogP contribution < -0.4 is 4.74 Å². The fraction of sp³-hybridized carbons (Fsp3) is 0.219. The van der Waals surface area contributed by atoms with Gasteiger partial charge in [0.2, 0.25) is 0 Å². The lowest BCUT2D eigenvalue weighted by molar-refractivity contribution is 0.0472. The van der Waals surface area contributed by atoms with E-state index in [2.05, 4.69) is 11.1 Å². The molecule has 1 aliphatic carbocycles. The maximum absolute atomic E-state index is 12.4. The number of aromatic carboxylic acids is 1. The van der Waals surface area contributed by atoms with Crippen molar-refractivity contribution in [3.8, 4) is 16.3 Å². The molecule has 7 nitrogen and oxygen atoms in total. The lowest BCUT2D eigenvalue weighted by atomic mass is 9.97. The Hall–Kier alpha value is -4.43. The lowest BCUT2D eigenvalue weighted by Crippen LogP contribution is -2.10. The van der Waals surface area contributed by atoms with Gasteiger partial charge in [0, 0.05) is 11.8 Å². The number of imidazole rings is 1. The van der Waals surface area contributed by atoms with Gasteiger partial charge >= 0.3 is 11.9 Å². The molecule has 3 aromatic heterocycles. The molecule has 0 radical (unpaired) electrons. The van der Waals surface area contributed by atoms with Gasteiger partial charge in [-0.2, -0.15) is 0 Å². The first-order chi connectivity index (χ1) is 19.4. The summed E-state index contributed by atoms with van der Waals surface area (Å²) >= 11 is 1.20. The van der Waals surface area contributed by atoms with Gasteiger partial charge in [-0.1, -0.05) is 42.5 Å². The summed E-state index contributed by atoms with van der Waals surface area (Å²) in [4.78, 5) is 30.1. The highest BCUT2D eigenvalue weighted by atomic mass is 32.1. The number of ether oxygens (including phenoxy) is 2. The third kappa shape index (κ3) is 4.98. The van der Waals surface area contributed by atoms with Crippen LogP contribution in [0.3, 0.4) is 0 Å². The van der Waals surface area contributed by atoms with E-state index in [1.165, 1.54) is 11.3 Å². The molecule has 40 heavy (non-hydrogen) atoms. The molecule has 1 N–H and O–H groups in total. The number of rotatable bonds is 9. The summed E-state index contributed by atoms with van der Waals surface area (Å²) in [7, 11) is 0. The highest BCUT2D eigenvalue weighted by Gasteiger charge is 2.30. The number of pyridine rings is 1. The Kier molecular flexibility index (Phi) is 6.86. The molecule has 0 spiro atoms. The summed E-state index contributed by atoms with van der Waals surface area (Å²) in [5, 5.41) is 10.0. The van der Waals surface area contributed by atoms with E-state index in [4.69, 9.17) is 9.47 Å². The minimum atomic E-state index is -1.02. The van der Waals surface area contributed by atoms with Crippen LogP contribution in [0.2, 0.25) is 0 Å². The first-order valence-corrected chi connectivity index (χ1v) is 14.0. The van der Waals surface area contributed by atoms with Gasteiger partial charge in [0.05, 0.1) is 22.3 Å². The van der Waals surface area contributed by atoms with E-state index >= 15 is 0 Å². The molecule has 202 valence electrons. The zero-order chi connectivity index (χ0) is 27.8. The van der Waals surface area contributed by atoms with Crippen molar-refractivity contribution in [3.05, 3.63) is 112 Å². The van der Waals surface area contributed by atoms with Crippen LogP contribution in [0.25, 0.3) is 16.2 Å². The van der Waals surface area contributed by atoms with E-state index in [1.807, 2.05) is 73.0 Å². The molecular formula is C32H28N2O5S. The Morgan fingerprint density at radius 1 is 1.10 bits per heavy atom. The molecular weight excluding hydrogens is 524 g/mol. The monoisotopic (exact) mass is 552 g/mol. The summed E-state index contributed by atoms with van der Waals surface area (Å²) in [6.07, 6.45) is 5.48. The van der Waals surface area contributed by atoms with Gasteiger partial charge in [-0.25, -0.2) is 14.6 Å². The molecule has 8 heteroatoms. The van der Waals surface area contributed by atoms with E-state index in [9.17, 15) is 14.7 Å². The predicted molar refractivity (Wildman–Crippen MR) is 153 cm³/mol. The number of esters is 1. The van der Waals surface area contributed by atoms with Crippen molar-refractivity contribution >= 4 is 28.9 Å².